The van der Waals surface area contributed by atoms with Crippen LogP contribution >= 0.6 is 0 Å². The highest BCUT2D eigenvalue weighted by atomic mass is 19.1. The Bertz CT molecular complexity index is 1060. The number of carbonyl (C=O) groups is 1. The van der Waals surface area contributed by atoms with Crippen LogP contribution < -0.4 is 10.2 Å². The van der Waals surface area contributed by atoms with Crippen molar-refractivity contribution < 1.29 is 13.6 Å². The molecule has 0 radical (unpaired) electrons. The molecule has 1 unspecified atom stereocenters. The first-order valence-electron chi connectivity index (χ1n) is 10.00. The number of hydrogen-bond acceptors (Lipinski definition) is 6. The summed E-state index contributed by atoms with van der Waals surface area (Å²) >= 11 is 0. The Hall–Kier alpha value is -3.03. The minimum atomic E-state index is -0.581. The minimum Gasteiger partial charge on any atom is -0.441 e. The Morgan fingerprint density at radius 2 is 2.10 bits per heavy atom. The van der Waals surface area contributed by atoms with E-state index >= 15 is 0 Å². The summed E-state index contributed by atoms with van der Waals surface area (Å²) in [5, 5.41) is 2.53. The lowest BCUT2D eigenvalue weighted by Gasteiger charge is -2.17. The summed E-state index contributed by atoms with van der Waals surface area (Å²) < 4.78 is 19.7. The SMILES string of the molecule is Cc1nc2cc(F)c(NC(=O)c3cnc(N4CCC(CC5CC5)C4)cn3)cc2o1. The van der Waals surface area contributed by atoms with Gasteiger partial charge in [-0.05, 0) is 24.7 Å². The van der Waals surface area contributed by atoms with Crippen molar-refractivity contribution in [2.75, 3.05) is 23.3 Å². The predicted octanol–water partition coefficient (Wildman–Crippen LogP) is 3.94. The van der Waals surface area contributed by atoms with Crippen LogP contribution in [0.3, 0.4) is 0 Å². The number of nitrogens with one attached hydrogen (secondary N) is 1. The molecule has 1 aliphatic carbocycles. The molecule has 1 aliphatic heterocycles. The summed E-state index contributed by atoms with van der Waals surface area (Å²) in [6.07, 6.45) is 8.31. The molecule has 150 valence electrons. The van der Waals surface area contributed by atoms with Crippen molar-refractivity contribution in [1.29, 1.82) is 0 Å². The summed E-state index contributed by atoms with van der Waals surface area (Å²) in [4.78, 5) is 27.4. The molecule has 5 rings (SSSR count). The van der Waals surface area contributed by atoms with Gasteiger partial charge in [-0.3, -0.25) is 4.79 Å². The Labute approximate surface area is 167 Å². The molecule has 3 heterocycles. The standard InChI is InChI=1S/C21H22FN5O2/c1-12-25-17-7-15(22)16(8-19(17)29-12)26-21(28)18-9-24-20(10-23-18)27-5-4-14(11-27)6-13-2-3-13/h7-10,13-14H,2-6,11H2,1H3,(H,26,28). The van der Waals surface area contributed by atoms with Crippen molar-refractivity contribution in [3.8, 4) is 0 Å². The first kappa shape index (κ1) is 18.0. The fourth-order valence-electron chi connectivity index (χ4n) is 4.01. The highest BCUT2D eigenvalue weighted by molar-refractivity contribution is 6.03. The number of rotatable bonds is 5. The highest BCUT2D eigenvalue weighted by Gasteiger charge is 2.30. The average molecular weight is 395 g/mol. The molecule has 0 bridgehead atoms. The van der Waals surface area contributed by atoms with E-state index in [9.17, 15) is 9.18 Å². The van der Waals surface area contributed by atoms with Gasteiger partial charge >= 0.3 is 0 Å². The van der Waals surface area contributed by atoms with E-state index in [0.29, 0.717) is 17.0 Å². The zero-order valence-corrected chi connectivity index (χ0v) is 16.2. The van der Waals surface area contributed by atoms with Gasteiger partial charge in [0.05, 0.1) is 18.1 Å². The molecule has 8 heteroatoms. The number of aromatic nitrogens is 3. The van der Waals surface area contributed by atoms with Gasteiger partial charge in [0.15, 0.2) is 11.5 Å². The average Bonchev–Trinajstić information content (AvgIpc) is 3.26. The van der Waals surface area contributed by atoms with Gasteiger partial charge in [-0.15, -0.1) is 0 Å². The van der Waals surface area contributed by atoms with Gasteiger partial charge in [0.2, 0.25) is 0 Å². The van der Waals surface area contributed by atoms with E-state index in [4.69, 9.17) is 4.42 Å². The van der Waals surface area contributed by atoms with Gasteiger partial charge < -0.3 is 14.6 Å². The Balaban J connectivity index is 1.26. The van der Waals surface area contributed by atoms with Gasteiger partial charge in [0.25, 0.3) is 5.91 Å². The molecule has 29 heavy (non-hydrogen) atoms. The van der Waals surface area contributed by atoms with E-state index < -0.39 is 11.7 Å². The van der Waals surface area contributed by atoms with Gasteiger partial charge in [-0.25, -0.2) is 19.3 Å². The van der Waals surface area contributed by atoms with Crippen molar-refractivity contribution in [2.45, 2.75) is 32.6 Å². The monoisotopic (exact) mass is 395 g/mol. The van der Waals surface area contributed by atoms with Crippen molar-refractivity contribution in [2.24, 2.45) is 11.8 Å². The summed E-state index contributed by atoms with van der Waals surface area (Å²) in [7, 11) is 0. The number of halogens is 1. The second kappa shape index (κ2) is 7.09. The van der Waals surface area contributed by atoms with E-state index in [1.165, 1.54) is 44.0 Å². The summed E-state index contributed by atoms with van der Waals surface area (Å²) in [5.74, 6) is 1.77. The van der Waals surface area contributed by atoms with Crippen LogP contribution in [0.25, 0.3) is 11.1 Å². The maximum atomic E-state index is 14.3. The molecule has 1 amide bonds. The first-order valence-corrected chi connectivity index (χ1v) is 10.00. The van der Waals surface area contributed by atoms with Gasteiger partial charge in [-0.2, -0.15) is 0 Å². The van der Waals surface area contributed by atoms with Crippen LogP contribution in [-0.2, 0) is 0 Å². The zero-order chi connectivity index (χ0) is 20.0. The molecule has 2 aliphatic rings. The molecule has 0 spiro atoms. The number of amides is 1. The van der Waals surface area contributed by atoms with Crippen LogP contribution in [0, 0.1) is 24.6 Å². The number of oxazole rings is 1. The lowest BCUT2D eigenvalue weighted by molar-refractivity contribution is 0.102. The van der Waals surface area contributed by atoms with E-state index in [1.54, 1.807) is 13.1 Å². The van der Waals surface area contributed by atoms with E-state index in [-0.39, 0.29) is 11.4 Å². The molecule has 7 nitrogen and oxygen atoms in total. The molecule has 2 fully saturated rings. The lowest BCUT2D eigenvalue weighted by Crippen LogP contribution is -2.22. The molecule has 1 atom stereocenters. The Morgan fingerprint density at radius 1 is 1.24 bits per heavy atom. The maximum absolute atomic E-state index is 14.3. The molecule has 2 aromatic heterocycles. The Morgan fingerprint density at radius 3 is 2.86 bits per heavy atom. The predicted molar refractivity (Wildman–Crippen MR) is 106 cm³/mol. The smallest absolute Gasteiger partial charge is 0.275 e. The number of fused-ring (bicyclic) bond motifs is 1. The molecule has 3 aromatic rings. The largest absolute Gasteiger partial charge is 0.441 e. The van der Waals surface area contributed by atoms with E-state index in [1.807, 2.05) is 0 Å². The van der Waals surface area contributed by atoms with Crippen LogP contribution in [0.4, 0.5) is 15.9 Å². The van der Waals surface area contributed by atoms with E-state index in [0.717, 1.165) is 30.7 Å². The second-order valence-corrected chi connectivity index (χ2v) is 8.03. The lowest BCUT2D eigenvalue weighted by atomic mass is 10.0. The number of aryl methyl sites for hydroxylation is 1. The molecular formula is C21H22FN5O2. The summed E-state index contributed by atoms with van der Waals surface area (Å²) in [5.41, 5.74) is 0.978. The molecule has 1 saturated heterocycles. The van der Waals surface area contributed by atoms with E-state index in [2.05, 4.69) is 25.2 Å². The topological polar surface area (TPSA) is 84.2 Å². The van der Waals surface area contributed by atoms with Crippen molar-refractivity contribution in [3.63, 3.8) is 0 Å². The number of benzene rings is 1. The third kappa shape index (κ3) is 3.79. The van der Waals surface area contributed by atoms with Crippen LogP contribution in [0.1, 0.15) is 42.1 Å². The summed E-state index contributed by atoms with van der Waals surface area (Å²) in [6.45, 7) is 3.65. The van der Waals surface area contributed by atoms with Gasteiger partial charge in [-0.1, -0.05) is 12.8 Å². The van der Waals surface area contributed by atoms with Crippen LogP contribution in [0.5, 0.6) is 0 Å². The second-order valence-electron chi connectivity index (χ2n) is 8.03. The quantitative estimate of drug-likeness (QED) is 0.704. The molecule has 1 saturated carbocycles. The van der Waals surface area contributed by atoms with Crippen molar-refractivity contribution >= 4 is 28.5 Å². The number of nitrogens with zero attached hydrogens (tertiary/aromatic N) is 4. The van der Waals surface area contributed by atoms with Crippen molar-refractivity contribution in [1.82, 2.24) is 15.0 Å². The molecule has 1 aromatic carbocycles. The summed E-state index contributed by atoms with van der Waals surface area (Å²) in [6, 6.07) is 2.66. The third-order valence-electron chi connectivity index (χ3n) is 5.68. The Kier molecular flexibility index (Phi) is 4.41. The highest BCUT2D eigenvalue weighted by Crippen LogP contribution is 2.38. The normalized spacial score (nSPS) is 19.1. The number of carbonyl (C=O) groups excluding carboxylic acids is 1. The maximum Gasteiger partial charge on any atom is 0.275 e. The molecular weight excluding hydrogens is 373 g/mol. The van der Waals surface area contributed by atoms with Crippen LogP contribution in [-0.4, -0.2) is 33.9 Å². The van der Waals surface area contributed by atoms with Crippen molar-refractivity contribution in [3.05, 3.63) is 41.9 Å². The van der Waals surface area contributed by atoms with Crippen LogP contribution in [0.2, 0.25) is 0 Å². The number of anilines is 2. The fraction of sp³-hybridized carbons (Fsp3) is 0.429. The zero-order valence-electron chi connectivity index (χ0n) is 16.2. The molecule has 1 N–H and O–H groups in total. The van der Waals surface area contributed by atoms with Crippen LogP contribution in [0.15, 0.2) is 28.9 Å². The first-order chi connectivity index (χ1) is 14.0. The minimum absolute atomic E-state index is 0.0204. The number of hydrogen-bond donors (Lipinski definition) is 1. The fourth-order valence-corrected chi connectivity index (χ4v) is 4.01. The van der Waals surface area contributed by atoms with Gasteiger partial charge in [0, 0.05) is 32.1 Å². The van der Waals surface area contributed by atoms with Gasteiger partial charge in [0.1, 0.15) is 22.8 Å². The third-order valence-corrected chi connectivity index (χ3v) is 5.68.